The molecular formula is C14H16N2O2. The number of hydrogen-bond acceptors (Lipinski definition) is 3. The molecular weight excluding hydrogens is 228 g/mol. The summed E-state index contributed by atoms with van der Waals surface area (Å²) in [5.41, 5.74) is 1.18. The zero-order valence-corrected chi connectivity index (χ0v) is 11.0. The molecule has 1 aromatic heterocycles. The summed E-state index contributed by atoms with van der Waals surface area (Å²) in [6.45, 7) is 5.77. The van der Waals surface area contributed by atoms with Crippen molar-refractivity contribution in [3.8, 4) is 11.8 Å². The van der Waals surface area contributed by atoms with Gasteiger partial charge in [0.2, 0.25) is 0 Å². The molecule has 0 aliphatic carbocycles. The maximum Gasteiger partial charge on any atom is 0.266 e. The minimum atomic E-state index is -0.360. The number of aromatic nitrogens is 1. The Morgan fingerprint density at radius 2 is 2.00 bits per heavy atom. The lowest BCUT2D eigenvalue weighted by molar-refractivity contribution is 0.415. The van der Waals surface area contributed by atoms with Gasteiger partial charge in [0.15, 0.2) is 0 Å². The SMILES string of the molecule is CC.COc1ccc2c(C)c(C#N)c(=O)[nH]c2c1. The number of H-pyrrole nitrogens is 1. The number of aryl methyl sites for hydroxylation is 1. The molecule has 0 radical (unpaired) electrons. The molecule has 0 aliphatic rings. The van der Waals surface area contributed by atoms with Crippen LogP contribution >= 0.6 is 0 Å². The Labute approximate surface area is 106 Å². The van der Waals surface area contributed by atoms with Crippen LogP contribution in [0.25, 0.3) is 10.9 Å². The second kappa shape index (κ2) is 5.87. The van der Waals surface area contributed by atoms with Crippen molar-refractivity contribution >= 4 is 10.9 Å². The molecule has 2 aromatic rings. The Kier molecular flexibility index (Phi) is 4.50. The van der Waals surface area contributed by atoms with Crippen molar-refractivity contribution in [2.75, 3.05) is 7.11 Å². The van der Waals surface area contributed by atoms with Crippen molar-refractivity contribution in [3.63, 3.8) is 0 Å². The highest BCUT2D eigenvalue weighted by molar-refractivity contribution is 5.84. The van der Waals surface area contributed by atoms with Gasteiger partial charge in [0, 0.05) is 11.5 Å². The number of nitrogens with one attached hydrogen (secondary N) is 1. The van der Waals surface area contributed by atoms with Gasteiger partial charge >= 0.3 is 0 Å². The summed E-state index contributed by atoms with van der Waals surface area (Å²) >= 11 is 0. The molecule has 4 nitrogen and oxygen atoms in total. The number of rotatable bonds is 1. The number of methoxy groups -OCH3 is 1. The van der Waals surface area contributed by atoms with Gasteiger partial charge in [-0.05, 0) is 24.6 Å². The van der Waals surface area contributed by atoms with Crippen molar-refractivity contribution < 1.29 is 4.74 Å². The van der Waals surface area contributed by atoms with E-state index in [-0.39, 0.29) is 11.1 Å². The third kappa shape index (κ3) is 2.35. The normalized spacial score (nSPS) is 9.28. The van der Waals surface area contributed by atoms with Gasteiger partial charge in [-0.2, -0.15) is 5.26 Å². The molecule has 0 bridgehead atoms. The topological polar surface area (TPSA) is 65.9 Å². The Balaban J connectivity index is 0.000000771. The van der Waals surface area contributed by atoms with Crippen LogP contribution in [0.3, 0.4) is 0 Å². The summed E-state index contributed by atoms with van der Waals surface area (Å²) in [6, 6.07) is 7.28. The number of pyridine rings is 1. The number of nitrogens with zero attached hydrogens (tertiary/aromatic N) is 1. The second-order valence-corrected chi connectivity index (χ2v) is 3.48. The Morgan fingerprint density at radius 3 is 2.56 bits per heavy atom. The molecule has 18 heavy (non-hydrogen) atoms. The van der Waals surface area contributed by atoms with Crippen molar-refractivity contribution in [3.05, 3.63) is 39.7 Å². The molecule has 94 valence electrons. The van der Waals surface area contributed by atoms with Crippen LogP contribution in [0.1, 0.15) is 25.0 Å². The summed E-state index contributed by atoms with van der Waals surface area (Å²) in [5.74, 6) is 0.673. The smallest absolute Gasteiger partial charge is 0.266 e. The van der Waals surface area contributed by atoms with E-state index in [0.29, 0.717) is 16.8 Å². The van der Waals surface area contributed by atoms with Crippen LogP contribution < -0.4 is 10.3 Å². The molecule has 0 amide bonds. The van der Waals surface area contributed by atoms with Gasteiger partial charge in [-0.1, -0.05) is 13.8 Å². The summed E-state index contributed by atoms with van der Waals surface area (Å²) in [5, 5.41) is 9.72. The number of benzene rings is 1. The third-order valence-electron chi connectivity index (χ3n) is 2.59. The van der Waals surface area contributed by atoms with E-state index in [4.69, 9.17) is 10.00 Å². The molecule has 0 unspecified atom stereocenters. The predicted molar refractivity (Wildman–Crippen MR) is 71.9 cm³/mol. The van der Waals surface area contributed by atoms with E-state index in [1.807, 2.05) is 26.0 Å². The Bertz CT molecular complexity index is 651. The number of nitriles is 1. The number of hydrogen-bond donors (Lipinski definition) is 1. The maximum atomic E-state index is 11.6. The fourth-order valence-electron chi connectivity index (χ4n) is 1.71. The molecule has 0 fully saturated rings. The zero-order valence-electron chi connectivity index (χ0n) is 11.0. The maximum absolute atomic E-state index is 11.6. The number of ether oxygens (including phenoxy) is 1. The average Bonchev–Trinajstić information content (AvgIpc) is 2.40. The minimum absolute atomic E-state index is 0.165. The van der Waals surface area contributed by atoms with Gasteiger partial charge in [-0.3, -0.25) is 4.79 Å². The van der Waals surface area contributed by atoms with Gasteiger partial charge in [0.1, 0.15) is 17.4 Å². The Hall–Kier alpha value is -2.28. The minimum Gasteiger partial charge on any atom is -0.497 e. The van der Waals surface area contributed by atoms with E-state index in [9.17, 15) is 4.79 Å². The molecule has 0 spiro atoms. The monoisotopic (exact) mass is 244 g/mol. The van der Waals surface area contributed by atoms with Crippen LogP contribution in [0.5, 0.6) is 5.75 Å². The lowest BCUT2D eigenvalue weighted by atomic mass is 10.1. The average molecular weight is 244 g/mol. The molecule has 0 aliphatic heterocycles. The summed E-state index contributed by atoms with van der Waals surface area (Å²) in [7, 11) is 1.57. The fraction of sp³-hybridized carbons (Fsp3) is 0.286. The lowest BCUT2D eigenvalue weighted by Gasteiger charge is -2.05. The highest BCUT2D eigenvalue weighted by Gasteiger charge is 2.08. The fourth-order valence-corrected chi connectivity index (χ4v) is 1.71. The van der Waals surface area contributed by atoms with E-state index in [0.717, 1.165) is 5.39 Å². The first kappa shape index (κ1) is 13.8. The van der Waals surface area contributed by atoms with Gasteiger partial charge in [0.05, 0.1) is 12.6 Å². The zero-order chi connectivity index (χ0) is 13.7. The summed E-state index contributed by atoms with van der Waals surface area (Å²) in [4.78, 5) is 14.2. The predicted octanol–water partition coefficient (Wildman–Crippen LogP) is 2.74. The number of fused-ring (bicyclic) bond motifs is 1. The molecule has 0 saturated heterocycles. The molecule has 2 rings (SSSR count). The van der Waals surface area contributed by atoms with Gasteiger partial charge < -0.3 is 9.72 Å². The van der Waals surface area contributed by atoms with Crippen LogP contribution in [0, 0.1) is 18.3 Å². The number of aromatic amines is 1. The van der Waals surface area contributed by atoms with Gasteiger partial charge in [0.25, 0.3) is 5.56 Å². The first-order chi connectivity index (χ1) is 8.67. The van der Waals surface area contributed by atoms with Crippen molar-refractivity contribution in [1.82, 2.24) is 4.98 Å². The van der Waals surface area contributed by atoms with E-state index in [1.165, 1.54) is 0 Å². The first-order valence-corrected chi connectivity index (χ1v) is 5.78. The van der Waals surface area contributed by atoms with Crippen molar-refractivity contribution in [1.29, 1.82) is 5.26 Å². The van der Waals surface area contributed by atoms with E-state index in [2.05, 4.69) is 4.98 Å². The van der Waals surface area contributed by atoms with Gasteiger partial charge in [-0.15, -0.1) is 0 Å². The van der Waals surface area contributed by atoms with Crippen LogP contribution in [-0.2, 0) is 0 Å². The van der Waals surface area contributed by atoms with Gasteiger partial charge in [-0.25, -0.2) is 0 Å². The molecule has 4 heteroatoms. The van der Waals surface area contributed by atoms with Crippen molar-refractivity contribution in [2.24, 2.45) is 0 Å². The van der Waals surface area contributed by atoms with E-state index < -0.39 is 0 Å². The largest absolute Gasteiger partial charge is 0.497 e. The summed E-state index contributed by atoms with van der Waals surface area (Å²) < 4.78 is 5.07. The lowest BCUT2D eigenvalue weighted by Crippen LogP contribution is -2.12. The highest BCUT2D eigenvalue weighted by atomic mass is 16.5. The summed E-state index contributed by atoms with van der Waals surface area (Å²) in [6.07, 6.45) is 0. The van der Waals surface area contributed by atoms with Crippen LogP contribution in [0.2, 0.25) is 0 Å². The molecule has 1 N–H and O–H groups in total. The molecule has 1 aromatic carbocycles. The molecule has 0 saturated carbocycles. The van der Waals surface area contributed by atoms with Crippen LogP contribution in [0.15, 0.2) is 23.0 Å². The standard InChI is InChI=1S/C12H10N2O2.C2H6/c1-7-9-4-3-8(16-2)5-11(9)14-12(15)10(7)6-13;1-2/h3-5H,1-2H3,(H,14,15);1-2H3. The highest BCUT2D eigenvalue weighted by Crippen LogP contribution is 2.21. The quantitative estimate of drug-likeness (QED) is 0.838. The van der Waals surface area contributed by atoms with Crippen LogP contribution in [0.4, 0.5) is 0 Å². The molecule has 1 heterocycles. The second-order valence-electron chi connectivity index (χ2n) is 3.48. The third-order valence-corrected chi connectivity index (χ3v) is 2.59. The Morgan fingerprint density at radius 1 is 1.33 bits per heavy atom. The van der Waals surface area contributed by atoms with E-state index in [1.54, 1.807) is 26.2 Å². The first-order valence-electron chi connectivity index (χ1n) is 5.78. The van der Waals surface area contributed by atoms with Crippen LogP contribution in [-0.4, -0.2) is 12.1 Å². The van der Waals surface area contributed by atoms with E-state index >= 15 is 0 Å². The molecule has 0 atom stereocenters. The van der Waals surface area contributed by atoms with Crippen molar-refractivity contribution in [2.45, 2.75) is 20.8 Å².